The molecule has 1 aromatic carbocycles. The van der Waals surface area contributed by atoms with Crippen LogP contribution in [0, 0.1) is 18.8 Å². The lowest BCUT2D eigenvalue weighted by atomic mass is 10.1. The zero-order valence-corrected chi connectivity index (χ0v) is 46.5. The van der Waals surface area contributed by atoms with E-state index in [4.69, 9.17) is 38.0 Å². The number of hydrogen-bond donors (Lipinski definition) is 7. The predicted octanol–water partition coefficient (Wildman–Crippen LogP) is 4.97. The van der Waals surface area contributed by atoms with Crippen LogP contribution in [0.25, 0.3) is 0 Å². The van der Waals surface area contributed by atoms with Crippen molar-refractivity contribution in [2.75, 3.05) is 57.1 Å². The smallest absolute Gasteiger partial charge is 0.450 e. The van der Waals surface area contributed by atoms with E-state index in [1.165, 1.54) is 32.4 Å². The number of phosphoric acid groups is 3. The van der Waals surface area contributed by atoms with Crippen LogP contribution in [-0.2, 0) is 67.3 Å². The first-order valence-electron chi connectivity index (χ1n) is 22.1. The quantitative estimate of drug-likeness (QED) is 0.0147. The van der Waals surface area contributed by atoms with Gasteiger partial charge in [-0.2, -0.15) is 8.62 Å². The van der Waals surface area contributed by atoms with E-state index in [0.717, 1.165) is 32.7 Å². The standard InChI is InChI=1S/C40H60N7O19P3S4/c1-7-70-71-27-61-32-20-35(64-33(32)23-63-68(55,56)66-69(57,58)65-67(52,53)54)46-22-30(36(49)43-37(46)50)11-10-16-41-38(51)60-18-9-8-17-59-26-72-73-31-14-12-29(13-15-31)19-34(48)42-24-40(5,6)62-25-39(3,4)47-21-28(2)44-45-47/h12-15,21-22,32-33,35H,7-9,16-20,23-27H2,1-6H3,(H,41,51)(H,42,48)(H,55,56)(H,57,58)(H,43,49,50)(H2,52,53,54)/t32-,33?,35-/m1/s1. The minimum atomic E-state index is -5.78. The van der Waals surface area contributed by atoms with E-state index in [0.29, 0.717) is 38.5 Å². The molecule has 1 fully saturated rings. The summed E-state index contributed by atoms with van der Waals surface area (Å²) in [6.45, 7) is 11.9. The van der Waals surface area contributed by atoms with Crippen LogP contribution in [-0.4, -0.2) is 131 Å². The Morgan fingerprint density at radius 1 is 0.959 bits per heavy atom. The number of nitrogens with zero attached hydrogens (tertiary/aromatic N) is 4. The number of carbonyl (C=O) groups excluding carboxylic acids is 2. The summed E-state index contributed by atoms with van der Waals surface area (Å²) < 4.78 is 78.7. The molecule has 1 aliphatic rings. The third kappa shape index (κ3) is 23.8. The Hall–Kier alpha value is -3.01. The highest BCUT2D eigenvalue weighted by Crippen LogP contribution is 2.66. The van der Waals surface area contributed by atoms with Gasteiger partial charge in [-0.05, 0) is 65.2 Å². The van der Waals surface area contributed by atoms with Gasteiger partial charge in [-0.3, -0.25) is 23.7 Å². The maximum absolute atomic E-state index is 12.8. The molecule has 2 amide bonds. The first-order chi connectivity index (χ1) is 34.3. The van der Waals surface area contributed by atoms with Gasteiger partial charge in [0.25, 0.3) is 5.56 Å². The van der Waals surface area contributed by atoms with Crippen LogP contribution in [0.5, 0.6) is 0 Å². The van der Waals surface area contributed by atoms with E-state index in [1.54, 1.807) is 15.5 Å². The summed E-state index contributed by atoms with van der Waals surface area (Å²) in [4.78, 5) is 90.4. The van der Waals surface area contributed by atoms with Crippen LogP contribution in [0.2, 0.25) is 0 Å². The third-order valence-electron chi connectivity index (χ3n) is 9.60. The van der Waals surface area contributed by atoms with Gasteiger partial charge in [0.1, 0.15) is 29.8 Å². The number of benzene rings is 1. The van der Waals surface area contributed by atoms with Crippen molar-refractivity contribution in [3.63, 3.8) is 0 Å². The molecule has 33 heteroatoms. The molecule has 7 N–H and O–H groups in total. The van der Waals surface area contributed by atoms with Gasteiger partial charge < -0.3 is 53.9 Å². The van der Waals surface area contributed by atoms with Gasteiger partial charge in [-0.25, -0.2) is 28.0 Å². The number of aromatic amines is 1. The fraction of sp³-hybridized carbons (Fsp3) is 0.600. The lowest BCUT2D eigenvalue weighted by Crippen LogP contribution is -2.44. The molecule has 0 bridgehead atoms. The molecule has 1 saturated heterocycles. The fourth-order valence-corrected chi connectivity index (χ4v) is 12.1. The monoisotopic (exact) mass is 1160 g/mol. The number of carbonyl (C=O) groups is 2. The molecule has 3 aromatic rings. The third-order valence-corrected chi connectivity index (χ3v) is 17.6. The molecule has 73 heavy (non-hydrogen) atoms. The van der Waals surface area contributed by atoms with Crippen LogP contribution in [0.1, 0.15) is 76.9 Å². The van der Waals surface area contributed by atoms with Crippen molar-refractivity contribution in [2.45, 2.75) is 102 Å². The predicted molar refractivity (Wildman–Crippen MR) is 272 cm³/mol. The average Bonchev–Trinajstić information content (AvgIpc) is 3.93. The van der Waals surface area contributed by atoms with Gasteiger partial charge in [0.15, 0.2) is 0 Å². The second-order valence-corrected chi connectivity index (χ2v) is 26.2. The Bertz CT molecular complexity index is 2610. The zero-order valence-electron chi connectivity index (χ0n) is 40.6. The van der Waals surface area contributed by atoms with Gasteiger partial charge in [0.05, 0.1) is 55.7 Å². The molecule has 0 aliphatic carbocycles. The summed E-state index contributed by atoms with van der Waals surface area (Å²) in [5.74, 6) is 6.32. The average molecular weight is 1160 g/mol. The van der Waals surface area contributed by atoms with Crippen LogP contribution < -0.4 is 21.9 Å². The van der Waals surface area contributed by atoms with Crippen molar-refractivity contribution in [1.82, 2.24) is 35.2 Å². The molecule has 3 heterocycles. The number of alkyl carbamates (subject to hydrolysis) is 1. The maximum Gasteiger partial charge on any atom is 0.490 e. The van der Waals surface area contributed by atoms with Crippen molar-refractivity contribution in [2.24, 2.45) is 0 Å². The van der Waals surface area contributed by atoms with Crippen LogP contribution in [0.15, 0.2) is 51.1 Å². The first kappa shape index (κ1) is 62.5. The van der Waals surface area contributed by atoms with Gasteiger partial charge in [-0.15, -0.1) is 5.10 Å². The SMILES string of the molecule is CCSSCO[C@@H]1C[C@H](n2cc(C#CCNC(=O)OCCCCOCSSc3ccc(CC(=O)NCC(C)(C)OCC(C)(C)n4cc(C)nn4)cc3)c(=O)[nH]c2=O)OC1COP(=O)(O)OP(=O)(O)OP(=O)(O)O. The number of rotatable bonds is 31. The van der Waals surface area contributed by atoms with Gasteiger partial charge >= 0.3 is 35.3 Å². The number of amides is 2. The molecule has 0 radical (unpaired) electrons. The number of aromatic nitrogens is 5. The summed E-state index contributed by atoms with van der Waals surface area (Å²) in [6, 6.07) is 7.72. The Morgan fingerprint density at radius 3 is 2.37 bits per heavy atom. The molecule has 26 nitrogen and oxygen atoms in total. The second kappa shape index (κ2) is 29.5. The highest BCUT2D eigenvalue weighted by molar-refractivity contribution is 8.77. The molecule has 5 atom stereocenters. The van der Waals surface area contributed by atoms with E-state index < -0.39 is 77.0 Å². The van der Waals surface area contributed by atoms with Crippen molar-refractivity contribution in [1.29, 1.82) is 0 Å². The lowest BCUT2D eigenvalue weighted by molar-refractivity contribution is -0.122. The van der Waals surface area contributed by atoms with Crippen molar-refractivity contribution in [3.8, 4) is 11.8 Å². The summed E-state index contributed by atoms with van der Waals surface area (Å²) in [7, 11) is -11.1. The number of hydrogen-bond acceptors (Lipinski definition) is 21. The van der Waals surface area contributed by atoms with E-state index in [-0.39, 0.29) is 43.4 Å². The number of ether oxygens (including phenoxy) is 5. The summed E-state index contributed by atoms with van der Waals surface area (Å²) in [5, 5.41) is 13.6. The summed E-state index contributed by atoms with van der Waals surface area (Å²) in [5.41, 5.74) is -1.24. The van der Waals surface area contributed by atoms with E-state index >= 15 is 0 Å². The van der Waals surface area contributed by atoms with Crippen LogP contribution >= 0.6 is 66.6 Å². The van der Waals surface area contributed by atoms with Crippen LogP contribution in [0.3, 0.4) is 0 Å². The Labute approximate surface area is 436 Å². The maximum atomic E-state index is 12.8. The highest BCUT2D eigenvalue weighted by atomic mass is 33.1. The van der Waals surface area contributed by atoms with Gasteiger partial charge in [0.2, 0.25) is 5.91 Å². The number of nitrogens with one attached hydrogen (secondary N) is 3. The second-order valence-electron chi connectivity index (χ2n) is 16.8. The van der Waals surface area contributed by atoms with Gasteiger partial charge in [0, 0.05) is 42.6 Å². The minimum Gasteiger partial charge on any atom is -0.450 e. The molecule has 0 saturated carbocycles. The number of aryl methyl sites for hydroxylation is 1. The highest BCUT2D eigenvalue weighted by Gasteiger charge is 2.44. The zero-order chi connectivity index (χ0) is 53.9. The fourth-order valence-electron chi connectivity index (χ4n) is 6.01. The Morgan fingerprint density at radius 2 is 1.68 bits per heavy atom. The topological polar surface area (TPSA) is 350 Å². The largest absolute Gasteiger partial charge is 0.490 e. The number of H-pyrrole nitrogens is 1. The lowest BCUT2D eigenvalue weighted by Gasteiger charge is -2.32. The van der Waals surface area contributed by atoms with E-state index in [2.05, 4.69) is 46.4 Å². The molecule has 3 unspecified atom stereocenters. The molecule has 4 rings (SSSR count). The Kier molecular flexibility index (Phi) is 25.3. The van der Waals surface area contributed by atoms with E-state index in [9.17, 15) is 42.7 Å². The first-order valence-corrected chi connectivity index (χ1v) is 31.4. The van der Waals surface area contributed by atoms with Crippen molar-refractivity contribution < 1.29 is 79.7 Å². The molecular formula is C40H60N7O19P3S4. The normalized spacial score (nSPS) is 17.8. The molecular weight excluding hydrogens is 1100 g/mol. The molecule has 2 aromatic heterocycles. The Balaban J connectivity index is 1.11. The molecule has 0 spiro atoms. The van der Waals surface area contributed by atoms with Crippen LogP contribution in [0.4, 0.5) is 4.79 Å². The summed E-state index contributed by atoms with van der Waals surface area (Å²) in [6.07, 6.45) is 0.243. The van der Waals surface area contributed by atoms with E-state index in [1.807, 2.05) is 72.0 Å². The molecule has 1 aliphatic heterocycles. The van der Waals surface area contributed by atoms with Crippen molar-refractivity contribution >= 4 is 78.6 Å². The van der Waals surface area contributed by atoms with Crippen molar-refractivity contribution in [3.05, 3.63) is 74.3 Å². The number of phosphoric ester groups is 1. The summed E-state index contributed by atoms with van der Waals surface area (Å²) >= 11 is 0. The van der Waals surface area contributed by atoms with Gasteiger partial charge in [-0.1, -0.05) is 79.3 Å². The minimum absolute atomic E-state index is 0.0666. The number of unbranched alkanes of at least 4 members (excludes halogenated alkanes) is 1. The molecule has 408 valence electrons.